The number of carbonyl (C=O) groups excluding carboxylic acids is 2. The van der Waals surface area contributed by atoms with Crippen LogP contribution < -0.4 is 0 Å². The monoisotopic (exact) mass is 354 g/mol. The fourth-order valence-corrected chi connectivity index (χ4v) is 8.85. The Kier molecular flexibility index (Phi) is 3.83. The molecule has 3 fully saturated rings. The highest BCUT2D eigenvalue weighted by molar-refractivity contribution is 5.84. The molecule has 0 N–H and O–H groups in total. The van der Waals surface area contributed by atoms with Crippen molar-refractivity contribution in [2.75, 3.05) is 0 Å². The summed E-state index contributed by atoms with van der Waals surface area (Å²) in [7, 11) is 0. The van der Waals surface area contributed by atoms with Gasteiger partial charge in [0.05, 0.1) is 0 Å². The molecule has 6 atom stereocenters. The van der Waals surface area contributed by atoms with Crippen LogP contribution in [0.15, 0.2) is 11.1 Å². The van der Waals surface area contributed by atoms with Gasteiger partial charge in [0.15, 0.2) is 0 Å². The maximum Gasteiger partial charge on any atom is 0.137 e. The Labute approximate surface area is 158 Å². The molecular weight excluding hydrogens is 320 g/mol. The Morgan fingerprint density at radius 1 is 1.04 bits per heavy atom. The molecule has 5 aliphatic carbocycles. The molecule has 3 saturated carbocycles. The fourth-order valence-electron chi connectivity index (χ4n) is 8.85. The Morgan fingerprint density at radius 2 is 1.88 bits per heavy atom. The van der Waals surface area contributed by atoms with Gasteiger partial charge in [-0.25, -0.2) is 0 Å². The van der Waals surface area contributed by atoms with Crippen LogP contribution in [0.3, 0.4) is 0 Å². The summed E-state index contributed by atoms with van der Waals surface area (Å²) in [5.41, 5.74) is 3.42. The molecule has 0 unspecified atom stereocenters. The molecule has 0 aromatic carbocycles. The van der Waals surface area contributed by atoms with Gasteiger partial charge in [0.25, 0.3) is 0 Å². The number of fused-ring (bicyclic) bond motifs is 6. The van der Waals surface area contributed by atoms with E-state index in [0.717, 1.165) is 49.9 Å². The van der Waals surface area contributed by atoms with Crippen LogP contribution in [0.5, 0.6) is 0 Å². The van der Waals surface area contributed by atoms with E-state index < -0.39 is 0 Å². The molecule has 5 aliphatic rings. The van der Waals surface area contributed by atoms with Crippen molar-refractivity contribution in [2.24, 2.45) is 34.5 Å². The van der Waals surface area contributed by atoms with Crippen LogP contribution >= 0.6 is 0 Å². The fraction of sp³-hybridized carbons (Fsp3) is 0.833. The maximum absolute atomic E-state index is 13.0. The molecule has 5 rings (SSSR count). The number of ketones is 2. The average molecular weight is 355 g/mol. The summed E-state index contributed by atoms with van der Waals surface area (Å²) < 4.78 is 0. The van der Waals surface area contributed by atoms with E-state index in [1.807, 2.05) is 6.92 Å². The van der Waals surface area contributed by atoms with Gasteiger partial charge in [-0.15, -0.1) is 0 Å². The zero-order chi connectivity index (χ0) is 18.1. The predicted molar refractivity (Wildman–Crippen MR) is 103 cm³/mol. The van der Waals surface area contributed by atoms with Crippen LogP contribution in [0.25, 0.3) is 0 Å². The lowest BCUT2D eigenvalue weighted by atomic mass is 9.47. The summed E-state index contributed by atoms with van der Waals surface area (Å²) in [4.78, 5) is 25.0. The number of hydrogen-bond donors (Lipinski definition) is 0. The second kappa shape index (κ2) is 5.79. The normalized spacial score (nSPS) is 47.7. The van der Waals surface area contributed by atoms with Crippen molar-refractivity contribution in [3.8, 4) is 0 Å². The largest absolute Gasteiger partial charge is 0.299 e. The van der Waals surface area contributed by atoms with Gasteiger partial charge in [-0.05, 0) is 87.4 Å². The number of rotatable bonds is 1. The lowest BCUT2D eigenvalue weighted by Crippen LogP contribution is -2.52. The van der Waals surface area contributed by atoms with E-state index in [0.29, 0.717) is 17.5 Å². The molecule has 0 radical (unpaired) electrons. The molecule has 0 spiro atoms. The van der Waals surface area contributed by atoms with Gasteiger partial charge >= 0.3 is 0 Å². The summed E-state index contributed by atoms with van der Waals surface area (Å²) in [5.74, 6) is 3.86. The number of carbonyl (C=O) groups is 2. The van der Waals surface area contributed by atoms with Gasteiger partial charge in [-0.2, -0.15) is 0 Å². The van der Waals surface area contributed by atoms with Crippen LogP contribution in [0.1, 0.15) is 90.9 Å². The predicted octanol–water partition coefficient (Wildman–Crippen LogP) is 5.65. The molecule has 0 aromatic heterocycles. The first-order valence-corrected chi connectivity index (χ1v) is 11.2. The quantitative estimate of drug-likeness (QED) is 0.570. The third-order valence-electron chi connectivity index (χ3n) is 9.85. The van der Waals surface area contributed by atoms with E-state index in [-0.39, 0.29) is 10.8 Å². The molecular formula is C24H34O2. The van der Waals surface area contributed by atoms with Crippen molar-refractivity contribution < 1.29 is 9.59 Å². The lowest BCUT2D eigenvalue weighted by Gasteiger charge is -2.56. The Balaban J connectivity index is 1.52. The molecule has 0 aliphatic heterocycles. The molecule has 2 heteroatoms. The number of Topliss-reactive ketones (excluding diaryl/α,β-unsaturated/α-hetero) is 2. The minimum Gasteiger partial charge on any atom is -0.299 e. The van der Waals surface area contributed by atoms with Crippen molar-refractivity contribution in [1.29, 1.82) is 0 Å². The molecule has 2 nitrogen and oxygen atoms in total. The van der Waals surface area contributed by atoms with Crippen LogP contribution in [0, 0.1) is 34.5 Å². The first-order valence-electron chi connectivity index (χ1n) is 11.2. The van der Waals surface area contributed by atoms with Gasteiger partial charge in [-0.3, -0.25) is 9.59 Å². The molecule has 0 saturated heterocycles. The van der Waals surface area contributed by atoms with Gasteiger partial charge < -0.3 is 0 Å². The molecule has 0 aromatic rings. The zero-order valence-electron chi connectivity index (χ0n) is 16.6. The number of hydrogen-bond acceptors (Lipinski definition) is 2. The first-order chi connectivity index (χ1) is 12.5. The van der Waals surface area contributed by atoms with E-state index in [2.05, 4.69) is 6.92 Å². The van der Waals surface area contributed by atoms with Crippen molar-refractivity contribution in [3.63, 3.8) is 0 Å². The Morgan fingerprint density at radius 3 is 2.69 bits per heavy atom. The summed E-state index contributed by atoms with van der Waals surface area (Å²) in [6.45, 7) is 4.42. The summed E-state index contributed by atoms with van der Waals surface area (Å²) in [5, 5.41) is 0. The summed E-state index contributed by atoms with van der Waals surface area (Å²) in [6, 6.07) is 0. The van der Waals surface area contributed by atoms with Crippen molar-refractivity contribution in [1.82, 2.24) is 0 Å². The maximum atomic E-state index is 13.0. The highest BCUT2D eigenvalue weighted by atomic mass is 16.1. The zero-order valence-corrected chi connectivity index (χ0v) is 16.6. The Bertz CT molecular complexity index is 688. The van der Waals surface area contributed by atoms with Gasteiger partial charge in [0, 0.05) is 18.3 Å². The third-order valence-corrected chi connectivity index (χ3v) is 9.85. The summed E-state index contributed by atoms with van der Waals surface area (Å²) in [6.07, 6.45) is 13.8. The third kappa shape index (κ3) is 2.05. The highest BCUT2D eigenvalue weighted by Crippen LogP contribution is 2.72. The minimum absolute atomic E-state index is 0.0158. The van der Waals surface area contributed by atoms with E-state index in [1.165, 1.54) is 50.5 Å². The SMILES string of the molecule is CC(=O)[C@@]12CCCC[C@@H]1C[C@H]1[C@H]3CCC4=C(CCC(=O)C4)[C@H]3CC[C@@]12C. The molecule has 26 heavy (non-hydrogen) atoms. The molecule has 0 amide bonds. The second-order valence-electron chi connectivity index (χ2n) is 10.4. The van der Waals surface area contributed by atoms with Crippen molar-refractivity contribution >= 4 is 11.6 Å². The van der Waals surface area contributed by atoms with Crippen molar-refractivity contribution in [2.45, 2.75) is 90.9 Å². The smallest absolute Gasteiger partial charge is 0.137 e. The standard InChI is InChI=1S/C24H34O2/c1-15(25)24-11-4-3-5-17(24)14-22-21-8-6-16-13-18(26)7-9-19(16)20(21)10-12-23(22,24)2/h17,20-22H,3-14H2,1-2H3/t17-,20-,21+,22+,23+,24+/m1/s1. The topological polar surface area (TPSA) is 34.1 Å². The molecule has 0 heterocycles. The lowest BCUT2D eigenvalue weighted by molar-refractivity contribution is -0.144. The molecule has 142 valence electrons. The number of allylic oxidation sites excluding steroid dienone is 2. The van der Waals surface area contributed by atoms with Crippen LogP contribution in [0.4, 0.5) is 0 Å². The van der Waals surface area contributed by atoms with Crippen LogP contribution in [-0.2, 0) is 9.59 Å². The minimum atomic E-state index is -0.0158. The molecule has 0 bridgehead atoms. The van der Waals surface area contributed by atoms with Crippen LogP contribution in [-0.4, -0.2) is 11.6 Å². The van der Waals surface area contributed by atoms with Crippen molar-refractivity contribution in [3.05, 3.63) is 11.1 Å². The second-order valence-corrected chi connectivity index (χ2v) is 10.4. The Hall–Kier alpha value is -0.920. The van der Waals surface area contributed by atoms with E-state index in [9.17, 15) is 9.59 Å². The van der Waals surface area contributed by atoms with E-state index >= 15 is 0 Å². The van der Waals surface area contributed by atoms with Gasteiger partial charge in [0.1, 0.15) is 11.6 Å². The van der Waals surface area contributed by atoms with E-state index in [1.54, 1.807) is 5.57 Å². The highest BCUT2D eigenvalue weighted by Gasteiger charge is 2.67. The van der Waals surface area contributed by atoms with Gasteiger partial charge in [0.2, 0.25) is 0 Å². The van der Waals surface area contributed by atoms with Gasteiger partial charge in [-0.1, -0.05) is 30.9 Å². The first kappa shape index (κ1) is 17.2. The average Bonchev–Trinajstić information content (AvgIpc) is 2.91. The van der Waals surface area contributed by atoms with E-state index in [4.69, 9.17) is 0 Å². The van der Waals surface area contributed by atoms with Crippen LogP contribution in [0.2, 0.25) is 0 Å². The summed E-state index contributed by atoms with van der Waals surface area (Å²) >= 11 is 0.